The Bertz CT molecular complexity index is 487. The monoisotopic (exact) mass is 263 g/mol. The lowest BCUT2D eigenvalue weighted by molar-refractivity contribution is -0.152. The van der Waals surface area contributed by atoms with Gasteiger partial charge in [0.2, 0.25) is 0 Å². The van der Waals surface area contributed by atoms with E-state index in [-0.39, 0.29) is 12.0 Å². The van der Waals surface area contributed by atoms with E-state index in [1.54, 1.807) is 6.92 Å². The zero-order valence-corrected chi connectivity index (χ0v) is 12.2. The van der Waals surface area contributed by atoms with E-state index in [0.717, 1.165) is 5.56 Å². The van der Waals surface area contributed by atoms with Gasteiger partial charge < -0.3 is 10.1 Å². The van der Waals surface area contributed by atoms with Crippen LogP contribution in [0.4, 0.5) is 5.69 Å². The molecule has 0 aromatic heterocycles. The van der Waals surface area contributed by atoms with Crippen molar-refractivity contribution >= 4 is 17.6 Å². The van der Waals surface area contributed by atoms with Crippen LogP contribution in [0.5, 0.6) is 0 Å². The maximum atomic E-state index is 11.6. The zero-order chi connectivity index (χ0) is 14.6. The zero-order valence-electron chi connectivity index (χ0n) is 12.2. The lowest BCUT2D eigenvalue weighted by atomic mass is 9.86. The Hall–Kier alpha value is -1.84. The van der Waals surface area contributed by atoms with E-state index in [0.29, 0.717) is 5.69 Å². The van der Waals surface area contributed by atoms with E-state index in [4.69, 9.17) is 0 Å². The van der Waals surface area contributed by atoms with E-state index >= 15 is 0 Å². The van der Waals surface area contributed by atoms with Crippen molar-refractivity contribution in [2.75, 3.05) is 11.9 Å². The molecule has 0 fully saturated rings. The van der Waals surface area contributed by atoms with E-state index in [1.165, 1.54) is 5.56 Å². The molecule has 4 heteroatoms. The van der Waals surface area contributed by atoms with Gasteiger partial charge in [0.05, 0.1) is 6.61 Å². The third kappa shape index (κ3) is 4.09. The molecular weight excluding hydrogens is 242 g/mol. The maximum absolute atomic E-state index is 11.6. The Labute approximate surface area is 114 Å². The molecule has 0 unspecified atom stereocenters. The molecule has 0 aliphatic heterocycles. The largest absolute Gasteiger partial charge is 0.459 e. The summed E-state index contributed by atoms with van der Waals surface area (Å²) in [6, 6.07) is 5.78. The molecule has 1 aromatic carbocycles. The van der Waals surface area contributed by atoms with Crippen molar-refractivity contribution in [3.05, 3.63) is 29.3 Å². The van der Waals surface area contributed by atoms with Crippen molar-refractivity contribution in [3.8, 4) is 0 Å². The van der Waals surface area contributed by atoms with Gasteiger partial charge in [-0.2, -0.15) is 0 Å². The average molecular weight is 263 g/mol. The fourth-order valence-corrected chi connectivity index (χ4v) is 1.64. The molecule has 0 bridgehead atoms. The quantitative estimate of drug-likeness (QED) is 0.659. The molecule has 0 heterocycles. The number of amides is 1. The van der Waals surface area contributed by atoms with Gasteiger partial charge in [-0.3, -0.25) is 4.79 Å². The molecule has 0 aliphatic carbocycles. The van der Waals surface area contributed by atoms with Gasteiger partial charge in [0.25, 0.3) is 0 Å². The molecule has 1 rings (SSSR count). The van der Waals surface area contributed by atoms with Crippen LogP contribution in [-0.4, -0.2) is 18.5 Å². The number of carbonyl (C=O) groups excluding carboxylic acids is 2. The van der Waals surface area contributed by atoms with Crippen LogP contribution in [0.15, 0.2) is 18.2 Å². The number of rotatable bonds is 2. The van der Waals surface area contributed by atoms with Gasteiger partial charge in [-0.15, -0.1) is 0 Å². The SMILES string of the molecule is CCOC(=O)C(=O)Nc1ccc(C(C)(C)C)cc1C. The highest BCUT2D eigenvalue weighted by molar-refractivity contribution is 6.37. The number of hydrogen-bond donors (Lipinski definition) is 1. The number of aryl methyl sites for hydroxylation is 1. The summed E-state index contributed by atoms with van der Waals surface area (Å²) in [6.45, 7) is 10.1. The Morgan fingerprint density at radius 2 is 1.89 bits per heavy atom. The topological polar surface area (TPSA) is 55.4 Å². The van der Waals surface area contributed by atoms with Crippen LogP contribution in [-0.2, 0) is 19.7 Å². The third-order valence-corrected chi connectivity index (χ3v) is 2.80. The first-order valence-corrected chi connectivity index (χ1v) is 6.35. The minimum absolute atomic E-state index is 0.0500. The highest BCUT2D eigenvalue weighted by Crippen LogP contribution is 2.26. The maximum Gasteiger partial charge on any atom is 0.397 e. The molecule has 0 aliphatic rings. The number of carbonyl (C=O) groups is 2. The second kappa shape index (κ2) is 5.87. The van der Waals surface area contributed by atoms with Crippen LogP contribution in [0, 0.1) is 6.92 Å². The predicted octanol–water partition coefficient (Wildman–Crippen LogP) is 2.79. The van der Waals surface area contributed by atoms with E-state index < -0.39 is 11.9 Å². The summed E-state index contributed by atoms with van der Waals surface area (Å²) in [5.74, 6) is -1.60. The normalized spacial score (nSPS) is 11.0. The molecule has 1 N–H and O–H groups in total. The van der Waals surface area contributed by atoms with Crippen LogP contribution < -0.4 is 5.32 Å². The van der Waals surface area contributed by atoms with Crippen LogP contribution in [0.1, 0.15) is 38.8 Å². The van der Waals surface area contributed by atoms with Crippen molar-refractivity contribution in [1.29, 1.82) is 0 Å². The van der Waals surface area contributed by atoms with Gasteiger partial charge in [-0.05, 0) is 36.5 Å². The molecule has 0 atom stereocenters. The van der Waals surface area contributed by atoms with Crippen molar-refractivity contribution < 1.29 is 14.3 Å². The Kier molecular flexibility index (Phi) is 4.70. The molecule has 1 amide bonds. The summed E-state index contributed by atoms with van der Waals surface area (Å²) in [6.07, 6.45) is 0. The van der Waals surface area contributed by atoms with E-state index in [1.807, 2.05) is 25.1 Å². The highest BCUT2D eigenvalue weighted by atomic mass is 16.5. The molecule has 0 saturated carbocycles. The number of anilines is 1. The van der Waals surface area contributed by atoms with Crippen molar-refractivity contribution in [2.24, 2.45) is 0 Å². The number of nitrogens with one attached hydrogen (secondary N) is 1. The van der Waals surface area contributed by atoms with Crippen LogP contribution in [0.3, 0.4) is 0 Å². The smallest absolute Gasteiger partial charge is 0.397 e. The molecule has 1 aromatic rings. The number of esters is 1. The predicted molar refractivity (Wildman–Crippen MR) is 75.1 cm³/mol. The van der Waals surface area contributed by atoms with Gasteiger partial charge in [0.15, 0.2) is 0 Å². The number of hydrogen-bond acceptors (Lipinski definition) is 3. The second-order valence-corrected chi connectivity index (χ2v) is 5.45. The Morgan fingerprint density at radius 1 is 1.26 bits per heavy atom. The average Bonchev–Trinajstić information content (AvgIpc) is 2.30. The fourth-order valence-electron chi connectivity index (χ4n) is 1.64. The number of ether oxygens (including phenoxy) is 1. The fraction of sp³-hybridized carbons (Fsp3) is 0.467. The summed E-state index contributed by atoms with van der Waals surface area (Å²) in [4.78, 5) is 22.8. The lowest BCUT2D eigenvalue weighted by Crippen LogP contribution is -2.25. The minimum Gasteiger partial charge on any atom is -0.459 e. The summed E-state index contributed by atoms with van der Waals surface area (Å²) in [5, 5.41) is 2.56. The van der Waals surface area contributed by atoms with Crippen molar-refractivity contribution in [2.45, 2.75) is 40.0 Å². The van der Waals surface area contributed by atoms with Crippen molar-refractivity contribution in [1.82, 2.24) is 0 Å². The summed E-state index contributed by atoms with van der Waals surface area (Å²) >= 11 is 0. The molecule has 104 valence electrons. The van der Waals surface area contributed by atoms with Crippen molar-refractivity contribution in [3.63, 3.8) is 0 Å². The van der Waals surface area contributed by atoms with Gasteiger partial charge in [-0.1, -0.05) is 32.9 Å². The first kappa shape index (κ1) is 15.2. The van der Waals surface area contributed by atoms with Gasteiger partial charge in [0.1, 0.15) is 0 Å². The minimum atomic E-state index is -0.859. The summed E-state index contributed by atoms with van der Waals surface area (Å²) in [5.41, 5.74) is 2.78. The second-order valence-electron chi connectivity index (χ2n) is 5.45. The van der Waals surface area contributed by atoms with Gasteiger partial charge in [-0.25, -0.2) is 4.79 Å². The van der Waals surface area contributed by atoms with Crippen LogP contribution in [0.2, 0.25) is 0 Å². The highest BCUT2D eigenvalue weighted by Gasteiger charge is 2.18. The van der Waals surface area contributed by atoms with Gasteiger partial charge >= 0.3 is 11.9 Å². The first-order chi connectivity index (χ1) is 8.75. The molecule has 19 heavy (non-hydrogen) atoms. The third-order valence-electron chi connectivity index (χ3n) is 2.80. The first-order valence-electron chi connectivity index (χ1n) is 6.35. The Balaban J connectivity index is 2.87. The molecule has 0 saturated heterocycles. The molecular formula is C15H21NO3. The lowest BCUT2D eigenvalue weighted by Gasteiger charge is -2.20. The molecule has 4 nitrogen and oxygen atoms in total. The van der Waals surface area contributed by atoms with Gasteiger partial charge in [0, 0.05) is 5.69 Å². The van der Waals surface area contributed by atoms with Crippen LogP contribution in [0.25, 0.3) is 0 Å². The Morgan fingerprint density at radius 3 is 2.37 bits per heavy atom. The summed E-state index contributed by atoms with van der Waals surface area (Å²) < 4.78 is 4.64. The van der Waals surface area contributed by atoms with Crippen LogP contribution >= 0.6 is 0 Å². The standard InChI is InChI=1S/C15H21NO3/c1-6-19-14(18)13(17)16-12-8-7-11(9-10(12)2)15(3,4)5/h7-9H,6H2,1-5H3,(H,16,17). The van der Waals surface area contributed by atoms with E-state index in [9.17, 15) is 9.59 Å². The molecule has 0 radical (unpaired) electrons. The van der Waals surface area contributed by atoms with E-state index in [2.05, 4.69) is 30.8 Å². The molecule has 0 spiro atoms. The summed E-state index contributed by atoms with van der Waals surface area (Å²) in [7, 11) is 0. The number of benzene rings is 1.